The lowest BCUT2D eigenvalue weighted by molar-refractivity contribution is 0.0948. The molecule has 0 unspecified atom stereocenters. The molecule has 0 saturated heterocycles. The molecule has 3 aromatic rings. The molecule has 0 saturated carbocycles. The molecule has 0 bridgehead atoms. The third kappa shape index (κ3) is 2.77. The number of aromatic amines is 1. The molecule has 0 atom stereocenters. The van der Waals surface area contributed by atoms with Crippen LogP contribution in [0.25, 0.3) is 11.1 Å². The van der Waals surface area contributed by atoms with E-state index in [1.54, 1.807) is 24.7 Å². The second-order valence-corrected chi connectivity index (χ2v) is 5.20. The molecule has 3 rings (SSSR count). The number of rotatable bonds is 5. The predicted molar refractivity (Wildman–Crippen MR) is 77.4 cm³/mol. The first kappa shape index (κ1) is 13.0. The van der Waals surface area contributed by atoms with Gasteiger partial charge in [0.1, 0.15) is 5.69 Å². The van der Waals surface area contributed by atoms with E-state index in [-0.39, 0.29) is 5.91 Å². The summed E-state index contributed by atoms with van der Waals surface area (Å²) in [5, 5.41) is 2.87. The topological polar surface area (TPSA) is 75.8 Å². The highest BCUT2D eigenvalue weighted by Crippen LogP contribution is 2.23. The van der Waals surface area contributed by atoms with Gasteiger partial charge in [0.15, 0.2) is 10.3 Å². The van der Waals surface area contributed by atoms with Crippen LogP contribution in [0.4, 0.5) is 0 Å². The summed E-state index contributed by atoms with van der Waals surface area (Å²) in [5.41, 5.74) is 1.98. The van der Waals surface area contributed by atoms with E-state index in [9.17, 15) is 4.79 Å². The van der Waals surface area contributed by atoms with E-state index in [4.69, 9.17) is 4.42 Å². The molecule has 1 amide bonds. The fraction of sp³-hybridized carbons (Fsp3) is 0.231. The van der Waals surface area contributed by atoms with Crippen molar-refractivity contribution in [2.75, 3.05) is 6.54 Å². The van der Waals surface area contributed by atoms with Gasteiger partial charge in [0.05, 0.1) is 11.8 Å². The van der Waals surface area contributed by atoms with Gasteiger partial charge < -0.3 is 19.3 Å². The fourth-order valence-electron chi connectivity index (χ4n) is 1.99. The van der Waals surface area contributed by atoms with E-state index in [0.29, 0.717) is 22.5 Å². The van der Waals surface area contributed by atoms with Crippen molar-refractivity contribution >= 4 is 32.9 Å². The Bertz CT molecular complexity index is 682. The zero-order valence-electron chi connectivity index (χ0n) is 10.6. The molecule has 6 nitrogen and oxygen atoms in total. The van der Waals surface area contributed by atoms with Crippen LogP contribution < -0.4 is 5.32 Å². The monoisotopic (exact) mass is 336 g/mol. The summed E-state index contributed by atoms with van der Waals surface area (Å²) in [6.45, 7) is 1.45. The van der Waals surface area contributed by atoms with Gasteiger partial charge in [0.25, 0.3) is 5.91 Å². The van der Waals surface area contributed by atoms with Gasteiger partial charge in [-0.15, -0.1) is 0 Å². The number of furan rings is 1. The number of hydrogen-bond acceptors (Lipinski definition) is 3. The van der Waals surface area contributed by atoms with Gasteiger partial charge in [-0.1, -0.05) is 0 Å². The zero-order chi connectivity index (χ0) is 13.9. The molecule has 104 valence electrons. The van der Waals surface area contributed by atoms with E-state index >= 15 is 0 Å². The number of carbonyl (C=O) groups is 1. The van der Waals surface area contributed by atoms with Crippen molar-refractivity contribution in [3.05, 3.63) is 41.2 Å². The largest absolute Gasteiger partial charge is 0.448 e. The van der Waals surface area contributed by atoms with E-state index in [0.717, 1.165) is 18.5 Å². The summed E-state index contributed by atoms with van der Waals surface area (Å²) in [6, 6.07) is 3.50. The minimum atomic E-state index is -0.127. The van der Waals surface area contributed by atoms with Crippen molar-refractivity contribution in [3.8, 4) is 0 Å². The average Bonchev–Trinajstić information content (AvgIpc) is 3.09. The Kier molecular flexibility index (Phi) is 3.60. The molecular formula is C13H13BrN4O2. The Balaban J connectivity index is 1.52. The Hall–Kier alpha value is -2.02. The number of halogens is 1. The summed E-state index contributed by atoms with van der Waals surface area (Å²) >= 11 is 3.24. The molecule has 2 N–H and O–H groups in total. The lowest BCUT2D eigenvalue weighted by atomic mass is 10.3. The van der Waals surface area contributed by atoms with Gasteiger partial charge in [0.2, 0.25) is 0 Å². The molecule has 0 aliphatic rings. The van der Waals surface area contributed by atoms with Gasteiger partial charge in [-0.2, -0.15) is 0 Å². The summed E-state index contributed by atoms with van der Waals surface area (Å²) in [7, 11) is 0. The molecule has 3 aromatic heterocycles. The Morgan fingerprint density at radius 2 is 2.40 bits per heavy atom. The first-order valence-electron chi connectivity index (χ1n) is 6.24. The normalized spacial score (nSPS) is 11.1. The van der Waals surface area contributed by atoms with Gasteiger partial charge in [-0.25, -0.2) is 4.98 Å². The van der Waals surface area contributed by atoms with Gasteiger partial charge in [-0.05, 0) is 22.4 Å². The zero-order valence-corrected chi connectivity index (χ0v) is 12.2. The molecule has 0 aliphatic heterocycles. The van der Waals surface area contributed by atoms with Crippen molar-refractivity contribution in [1.82, 2.24) is 19.9 Å². The van der Waals surface area contributed by atoms with Crippen LogP contribution in [0.2, 0.25) is 0 Å². The number of H-pyrrole nitrogens is 1. The quantitative estimate of drug-likeness (QED) is 0.703. The van der Waals surface area contributed by atoms with Gasteiger partial charge in [0, 0.05) is 37.6 Å². The second-order valence-electron chi connectivity index (χ2n) is 4.42. The molecule has 0 fully saturated rings. The van der Waals surface area contributed by atoms with E-state index in [2.05, 4.69) is 31.2 Å². The van der Waals surface area contributed by atoms with Crippen LogP contribution in [-0.2, 0) is 6.54 Å². The van der Waals surface area contributed by atoms with Gasteiger partial charge in [-0.3, -0.25) is 4.79 Å². The van der Waals surface area contributed by atoms with Crippen LogP contribution in [0, 0.1) is 0 Å². The van der Waals surface area contributed by atoms with Crippen molar-refractivity contribution < 1.29 is 9.21 Å². The lowest BCUT2D eigenvalue weighted by Gasteiger charge is -2.04. The third-order valence-corrected chi connectivity index (χ3v) is 3.35. The molecule has 0 spiro atoms. The first-order chi connectivity index (χ1) is 9.72. The smallest absolute Gasteiger partial charge is 0.267 e. The number of nitrogens with one attached hydrogen (secondary N) is 2. The number of amides is 1. The number of aromatic nitrogens is 3. The van der Waals surface area contributed by atoms with Crippen LogP contribution >= 0.6 is 15.9 Å². The maximum atomic E-state index is 11.9. The van der Waals surface area contributed by atoms with E-state index < -0.39 is 0 Å². The Morgan fingerprint density at radius 1 is 1.50 bits per heavy atom. The maximum Gasteiger partial charge on any atom is 0.267 e. The maximum absolute atomic E-state index is 11.9. The molecule has 0 radical (unpaired) electrons. The van der Waals surface area contributed by atoms with Crippen LogP contribution in [0.5, 0.6) is 0 Å². The summed E-state index contributed by atoms with van der Waals surface area (Å²) in [5.74, 6) is -0.127. The van der Waals surface area contributed by atoms with Crippen LogP contribution in [0.15, 0.2) is 39.9 Å². The highest BCUT2D eigenvalue weighted by molar-refractivity contribution is 9.10. The molecule has 0 aromatic carbocycles. The molecule has 20 heavy (non-hydrogen) atoms. The second kappa shape index (κ2) is 5.54. The summed E-state index contributed by atoms with van der Waals surface area (Å²) in [6.07, 6.45) is 6.26. The SMILES string of the molecule is O=C(NCCCn1ccnc1)c1cc2oc(Br)cc2[nH]1. The highest BCUT2D eigenvalue weighted by atomic mass is 79.9. The Morgan fingerprint density at radius 3 is 3.15 bits per heavy atom. The minimum Gasteiger partial charge on any atom is -0.448 e. The van der Waals surface area contributed by atoms with Crippen LogP contribution in [0.3, 0.4) is 0 Å². The van der Waals surface area contributed by atoms with Crippen molar-refractivity contribution in [2.24, 2.45) is 0 Å². The average molecular weight is 337 g/mol. The molecule has 7 heteroatoms. The Labute approximate surface area is 123 Å². The van der Waals surface area contributed by atoms with Crippen LogP contribution in [-0.4, -0.2) is 27.0 Å². The predicted octanol–water partition coefficient (Wildman–Crippen LogP) is 2.54. The number of carbonyl (C=O) groups excluding carboxylic acids is 1. The number of imidazole rings is 1. The lowest BCUT2D eigenvalue weighted by Crippen LogP contribution is -2.25. The number of fused-ring (bicyclic) bond motifs is 1. The number of aryl methyl sites for hydroxylation is 1. The minimum absolute atomic E-state index is 0.127. The van der Waals surface area contributed by atoms with Crippen molar-refractivity contribution in [3.63, 3.8) is 0 Å². The van der Waals surface area contributed by atoms with Gasteiger partial charge >= 0.3 is 0 Å². The van der Waals surface area contributed by atoms with E-state index in [1.165, 1.54) is 0 Å². The molecule has 3 heterocycles. The first-order valence-corrected chi connectivity index (χ1v) is 7.03. The fourth-order valence-corrected chi connectivity index (χ4v) is 2.39. The van der Waals surface area contributed by atoms with Crippen molar-refractivity contribution in [2.45, 2.75) is 13.0 Å². The van der Waals surface area contributed by atoms with E-state index in [1.807, 2.05) is 10.8 Å². The number of hydrogen-bond donors (Lipinski definition) is 2. The van der Waals surface area contributed by atoms with Crippen LogP contribution in [0.1, 0.15) is 16.9 Å². The number of nitrogens with zero attached hydrogens (tertiary/aromatic N) is 2. The van der Waals surface area contributed by atoms with Crippen molar-refractivity contribution in [1.29, 1.82) is 0 Å². The summed E-state index contributed by atoms with van der Waals surface area (Å²) < 4.78 is 7.99. The third-order valence-electron chi connectivity index (χ3n) is 2.96. The molecular weight excluding hydrogens is 324 g/mol. The highest BCUT2D eigenvalue weighted by Gasteiger charge is 2.11. The molecule has 0 aliphatic carbocycles. The summed E-state index contributed by atoms with van der Waals surface area (Å²) in [4.78, 5) is 18.9. The standard InChI is InChI=1S/C13H13BrN4O2/c14-12-7-9-11(20-12)6-10(17-9)13(19)16-2-1-4-18-5-3-15-8-18/h3,5-8,17H,1-2,4H2,(H,16,19).